The minimum atomic E-state index is -0.495. The molecular weight excluding hydrogens is 342 g/mol. The van der Waals surface area contributed by atoms with Gasteiger partial charge in [0.05, 0.1) is 17.2 Å². The third-order valence-corrected chi connectivity index (χ3v) is 3.87. The Hall–Kier alpha value is -3.46. The number of hydrogen-bond donors (Lipinski definition) is 2. The van der Waals surface area contributed by atoms with E-state index < -0.39 is 17.6 Å². The molecule has 1 aliphatic heterocycles. The maximum atomic E-state index is 12.3. The number of nitrogens with one attached hydrogen (secondary N) is 1. The molecule has 0 spiro atoms. The van der Waals surface area contributed by atoms with Crippen LogP contribution in [0.4, 0.5) is 11.4 Å². The van der Waals surface area contributed by atoms with Crippen molar-refractivity contribution in [2.75, 3.05) is 18.2 Å². The number of nitro benzene ring substituents is 1. The van der Waals surface area contributed by atoms with E-state index in [1.807, 2.05) is 0 Å². The zero-order chi connectivity index (χ0) is 18.7. The van der Waals surface area contributed by atoms with Crippen molar-refractivity contribution >= 4 is 23.2 Å². The number of amides is 2. The van der Waals surface area contributed by atoms with Crippen LogP contribution in [0.3, 0.4) is 0 Å². The molecule has 26 heavy (non-hydrogen) atoms. The number of aliphatic hydroxyl groups is 1. The zero-order valence-corrected chi connectivity index (χ0v) is 13.5. The monoisotopic (exact) mass is 357 g/mol. The smallest absolute Gasteiger partial charge is 0.269 e. The van der Waals surface area contributed by atoms with Crippen molar-refractivity contribution in [3.8, 4) is 5.75 Å². The summed E-state index contributed by atoms with van der Waals surface area (Å²) in [4.78, 5) is 35.9. The highest BCUT2D eigenvalue weighted by atomic mass is 16.6. The Morgan fingerprint density at radius 1 is 1.31 bits per heavy atom. The molecule has 2 aromatic rings. The first-order valence-electron chi connectivity index (χ1n) is 7.69. The van der Waals surface area contributed by atoms with Gasteiger partial charge in [0.2, 0.25) is 0 Å². The van der Waals surface area contributed by atoms with Gasteiger partial charge >= 0.3 is 0 Å². The molecule has 0 fully saturated rings. The van der Waals surface area contributed by atoms with E-state index in [9.17, 15) is 19.7 Å². The van der Waals surface area contributed by atoms with E-state index >= 15 is 0 Å². The van der Waals surface area contributed by atoms with Crippen LogP contribution in [-0.2, 0) is 11.3 Å². The van der Waals surface area contributed by atoms with Crippen LogP contribution in [0.15, 0.2) is 42.5 Å². The van der Waals surface area contributed by atoms with Crippen molar-refractivity contribution in [2.24, 2.45) is 0 Å². The summed E-state index contributed by atoms with van der Waals surface area (Å²) >= 11 is 0. The van der Waals surface area contributed by atoms with Gasteiger partial charge in [0.25, 0.3) is 17.5 Å². The summed E-state index contributed by atoms with van der Waals surface area (Å²) in [7, 11) is 0. The van der Waals surface area contributed by atoms with E-state index in [1.54, 1.807) is 18.2 Å². The second-order valence-electron chi connectivity index (χ2n) is 5.54. The van der Waals surface area contributed by atoms with Crippen molar-refractivity contribution in [1.29, 1.82) is 0 Å². The molecule has 0 aromatic heterocycles. The minimum Gasteiger partial charge on any atom is -0.482 e. The Morgan fingerprint density at radius 3 is 2.85 bits per heavy atom. The molecule has 1 heterocycles. The summed E-state index contributed by atoms with van der Waals surface area (Å²) in [5.74, 6) is -0.418. The molecule has 0 atom stereocenters. The number of ether oxygens (including phenoxy) is 1. The summed E-state index contributed by atoms with van der Waals surface area (Å²) in [6.45, 7) is -0.555. The molecule has 2 amide bonds. The molecule has 9 heteroatoms. The van der Waals surface area contributed by atoms with E-state index in [0.717, 1.165) is 0 Å². The molecule has 0 bridgehead atoms. The van der Waals surface area contributed by atoms with Crippen LogP contribution in [0.25, 0.3) is 0 Å². The number of fused-ring (bicyclic) bond motifs is 1. The predicted octanol–water partition coefficient (Wildman–Crippen LogP) is 1.20. The first kappa shape index (κ1) is 17.4. The van der Waals surface area contributed by atoms with E-state index in [-0.39, 0.29) is 30.3 Å². The molecule has 134 valence electrons. The van der Waals surface area contributed by atoms with Crippen LogP contribution in [0, 0.1) is 10.1 Å². The Kier molecular flexibility index (Phi) is 4.81. The summed E-state index contributed by atoms with van der Waals surface area (Å²) in [5.41, 5.74) is 1.29. The Balaban J connectivity index is 1.90. The van der Waals surface area contributed by atoms with Crippen LogP contribution < -0.4 is 15.0 Å². The number of carbonyl (C=O) groups excluding carboxylic acids is 2. The number of anilines is 1. The standard InChI is InChI=1S/C17H15N3O6/c21-10-18-17(23)12-4-5-14-15(7-12)26-9-16(22)19(14)8-11-2-1-3-13(6-11)20(24)25/h1-7,21H,8-10H2,(H,18,23). The van der Waals surface area contributed by atoms with Crippen LogP contribution >= 0.6 is 0 Å². The van der Waals surface area contributed by atoms with Gasteiger partial charge in [-0.15, -0.1) is 0 Å². The van der Waals surface area contributed by atoms with Gasteiger partial charge in [-0.05, 0) is 23.8 Å². The topological polar surface area (TPSA) is 122 Å². The predicted molar refractivity (Wildman–Crippen MR) is 90.8 cm³/mol. The minimum absolute atomic E-state index is 0.0561. The molecule has 1 aliphatic rings. The van der Waals surface area contributed by atoms with E-state index in [2.05, 4.69) is 5.32 Å². The number of benzene rings is 2. The molecule has 0 saturated heterocycles. The van der Waals surface area contributed by atoms with Crippen LogP contribution in [-0.4, -0.2) is 35.2 Å². The summed E-state index contributed by atoms with van der Waals surface area (Å²) in [5, 5.41) is 21.9. The highest BCUT2D eigenvalue weighted by molar-refractivity contribution is 6.00. The number of nitrogens with zero attached hydrogens (tertiary/aromatic N) is 2. The summed E-state index contributed by atoms with van der Waals surface area (Å²) in [6.07, 6.45) is 0. The number of hydrogen-bond acceptors (Lipinski definition) is 6. The number of non-ortho nitro benzene ring substituents is 1. The molecule has 0 unspecified atom stereocenters. The van der Waals surface area contributed by atoms with Crippen LogP contribution in [0.2, 0.25) is 0 Å². The van der Waals surface area contributed by atoms with Crippen molar-refractivity contribution in [1.82, 2.24) is 5.32 Å². The Morgan fingerprint density at radius 2 is 2.12 bits per heavy atom. The van der Waals surface area contributed by atoms with Crippen LogP contribution in [0.1, 0.15) is 15.9 Å². The molecule has 2 aromatic carbocycles. The number of aliphatic hydroxyl groups excluding tert-OH is 1. The number of rotatable bonds is 5. The van der Waals surface area contributed by atoms with Gasteiger partial charge in [0.1, 0.15) is 12.5 Å². The number of carbonyl (C=O) groups is 2. The van der Waals surface area contributed by atoms with Gasteiger partial charge < -0.3 is 20.1 Å². The quantitative estimate of drug-likeness (QED) is 0.471. The van der Waals surface area contributed by atoms with Gasteiger partial charge in [-0.3, -0.25) is 19.7 Å². The maximum absolute atomic E-state index is 12.3. The highest BCUT2D eigenvalue weighted by Crippen LogP contribution is 2.34. The van der Waals surface area contributed by atoms with Crippen molar-refractivity contribution < 1.29 is 24.4 Å². The molecular formula is C17H15N3O6. The largest absolute Gasteiger partial charge is 0.482 e. The van der Waals surface area contributed by atoms with Gasteiger partial charge in [-0.25, -0.2) is 0 Å². The normalized spacial score (nSPS) is 13.0. The van der Waals surface area contributed by atoms with E-state index in [1.165, 1.54) is 29.2 Å². The molecule has 2 N–H and O–H groups in total. The maximum Gasteiger partial charge on any atom is 0.269 e. The average molecular weight is 357 g/mol. The van der Waals surface area contributed by atoms with Crippen LogP contribution in [0.5, 0.6) is 5.75 Å². The molecule has 0 aliphatic carbocycles. The van der Waals surface area contributed by atoms with Crippen molar-refractivity contribution in [2.45, 2.75) is 6.54 Å². The van der Waals surface area contributed by atoms with Gasteiger partial charge in [-0.1, -0.05) is 12.1 Å². The highest BCUT2D eigenvalue weighted by Gasteiger charge is 2.27. The Labute approximate surface area is 148 Å². The summed E-state index contributed by atoms with van der Waals surface area (Å²) in [6, 6.07) is 10.6. The fourth-order valence-electron chi connectivity index (χ4n) is 2.64. The molecule has 3 rings (SSSR count). The van der Waals surface area contributed by atoms with Gasteiger partial charge in [0, 0.05) is 17.7 Å². The van der Waals surface area contributed by atoms with Crippen molar-refractivity contribution in [3.63, 3.8) is 0 Å². The molecule has 0 saturated carbocycles. The lowest BCUT2D eigenvalue weighted by Gasteiger charge is -2.29. The summed E-state index contributed by atoms with van der Waals surface area (Å²) < 4.78 is 5.39. The fourth-order valence-corrected chi connectivity index (χ4v) is 2.64. The third-order valence-electron chi connectivity index (χ3n) is 3.87. The fraction of sp³-hybridized carbons (Fsp3) is 0.176. The molecule has 0 radical (unpaired) electrons. The van der Waals surface area contributed by atoms with Gasteiger partial charge in [0.15, 0.2) is 6.61 Å². The van der Waals surface area contributed by atoms with Gasteiger partial charge in [-0.2, -0.15) is 0 Å². The lowest BCUT2D eigenvalue weighted by molar-refractivity contribution is -0.384. The number of nitro groups is 1. The first-order valence-corrected chi connectivity index (χ1v) is 7.69. The second-order valence-corrected chi connectivity index (χ2v) is 5.54. The SMILES string of the molecule is O=C(NCO)c1ccc2c(c1)OCC(=O)N2Cc1cccc([N+](=O)[O-])c1. The third kappa shape index (κ3) is 3.47. The lowest BCUT2D eigenvalue weighted by atomic mass is 10.1. The molecule has 9 nitrogen and oxygen atoms in total. The first-order chi connectivity index (χ1) is 12.5. The average Bonchev–Trinajstić information content (AvgIpc) is 2.64. The van der Waals surface area contributed by atoms with E-state index in [4.69, 9.17) is 9.84 Å². The Bertz CT molecular complexity index is 883. The van der Waals surface area contributed by atoms with E-state index in [0.29, 0.717) is 17.0 Å². The van der Waals surface area contributed by atoms with Crippen molar-refractivity contribution in [3.05, 3.63) is 63.7 Å². The lowest BCUT2D eigenvalue weighted by Crippen LogP contribution is -2.38. The zero-order valence-electron chi connectivity index (χ0n) is 13.5. The second kappa shape index (κ2) is 7.19.